The zero-order valence-corrected chi connectivity index (χ0v) is 11.7. The number of amides is 2. The maximum Gasteiger partial charge on any atom is 0.323 e. The van der Waals surface area contributed by atoms with Gasteiger partial charge in [0.05, 0.1) is 12.3 Å². The molecule has 0 aliphatic rings. The van der Waals surface area contributed by atoms with Crippen molar-refractivity contribution in [1.29, 1.82) is 0 Å². The van der Waals surface area contributed by atoms with Gasteiger partial charge in [-0.2, -0.15) is 4.39 Å². The number of aromatic nitrogens is 2. The number of nitrogens with one attached hydrogen (secondary N) is 2. The maximum atomic E-state index is 13.0. The lowest BCUT2D eigenvalue weighted by Crippen LogP contribution is -2.20. The number of hydrogen-bond donors (Lipinski definition) is 3. The van der Waals surface area contributed by atoms with Gasteiger partial charge in [-0.3, -0.25) is 0 Å². The van der Waals surface area contributed by atoms with Crippen LogP contribution in [0, 0.1) is 5.95 Å². The molecule has 0 saturated heterocycles. The second-order valence-corrected chi connectivity index (χ2v) is 4.58. The number of carbonyl (C=O) groups excluding carboxylic acids is 1. The molecule has 2 amide bonds. The van der Waals surface area contributed by atoms with Crippen molar-refractivity contribution < 1.29 is 14.3 Å². The van der Waals surface area contributed by atoms with Crippen LogP contribution >= 0.6 is 15.9 Å². The Labute approximate surface area is 122 Å². The summed E-state index contributed by atoms with van der Waals surface area (Å²) in [6.07, 6.45) is 2.68. The standard InChI is InChI=1S/C12H10BrFN4O2/c13-10-3-8(1-2-15-10)17-12(20)18-9-4-11(14)16-5-7(9)6-19/h1-5,19H,6H2,(H2,15,16,17,18,20). The summed E-state index contributed by atoms with van der Waals surface area (Å²) in [7, 11) is 0. The molecule has 104 valence electrons. The number of aliphatic hydroxyl groups excluding tert-OH is 1. The molecule has 20 heavy (non-hydrogen) atoms. The zero-order chi connectivity index (χ0) is 14.5. The van der Waals surface area contributed by atoms with Gasteiger partial charge in [0.2, 0.25) is 5.95 Å². The number of nitrogens with zero attached hydrogens (tertiary/aromatic N) is 2. The van der Waals surface area contributed by atoms with Gasteiger partial charge in [-0.25, -0.2) is 14.8 Å². The van der Waals surface area contributed by atoms with Gasteiger partial charge in [0.1, 0.15) is 4.60 Å². The molecule has 2 aromatic heterocycles. The van der Waals surface area contributed by atoms with Crippen LogP contribution in [-0.4, -0.2) is 21.1 Å². The van der Waals surface area contributed by atoms with E-state index in [2.05, 4.69) is 36.5 Å². The van der Waals surface area contributed by atoms with Gasteiger partial charge in [0.25, 0.3) is 0 Å². The Kier molecular flexibility index (Phi) is 4.59. The van der Waals surface area contributed by atoms with Crippen LogP contribution in [-0.2, 0) is 6.61 Å². The summed E-state index contributed by atoms with van der Waals surface area (Å²) < 4.78 is 13.6. The van der Waals surface area contributed by atoms with Crippen molar-refractivity contribution in [2.45, 2.75) is 6.61 Å². The second kappa shape index (κ2) is 6.40. The fourth-order valence-corrected chi connectivity index (χ4v) is 1.83. The summed E-state index contributed by atoms with van der Waals surface area (Å²) >= 11 is 3.18. The van der Waals surface area contributed by atoms with Crippen molar-refractivity contribution in [1.82, 2.24) is 9.97 Å². The number of urea groups is 1. The first kappa shape index (κ1) is 14.4. The van der Waals surface area contributed by atoms with Crippen molar-refractivity contribution in [3.63, 3.8) is 0 Å². The molecule has 2 rings (SSSR count). The van der Waals surface area contributed by atoms with Crippen LogP contribution in [0.5, 0.6) is 0 Å². The van der Waals surface area contributed by atoms with Crippen LogP contribution in [0.15, 0.2) is 35.2 Å². The van der Waals surface area contributed by atoms with Gasteiger partial charge >= 0.3 is 6.03 Å². The minimum absolute atomic E-state index is 0.158. The van der Waals surface area contributed by atoms with E-state index < -0.39 is 12.0 Å². The van der Waals surface area contributed by atoms with Gasteiger partial charge in [0.15, 0.2) is 0 Å². The molecule has 2 aromatic rings. The monoisotopic (exact) mass is 340 g/mol. The quantitative estimate of drug-likeness (QED) is 0.749. The molecule has 0 aliphatic carbocycles. The minimum Gasteiger partial charge on any atom is -0.392 e. The van der Waals surface area contributed by atoms with Crippen molar-refractivity contribution >= 4 is 33.3 Å². The number of halogens is 2. The molecule has 0 spiro atoms. The van der Waals surface area contributed by atoms with Crippen LogP contribution in [0.2, 0.25) is 0 Å². The van der Waals surface area contributed by atoms with Crippen molar-refractivity contribution in [2.24, 2.45) is 0 Å². The Morgan fingerprint density at radius 1 is 1.35 bits per heavy atom. The fraction of sp³-hybridized carbons (Fsp3) is 0.0833. The first-order chi connectivity index (χ1) is 9.58. The van der Waals surface area contributed by atoms with E-state index in [4.69, 9.17) is 5.11 Å². The van der Waals surface area contributed by atoms with E-state index in [1.54, 1.807) is 12.1 Å². The van der Waals surface area contributed by atoms with Crippen LogP contribution in [0.25, 0.3) is 0 Å². The normalized spacial score (nSPS) is 10.2. The molecule has 0 unspecified atom stereocenters. The van der Waals surface area contributed by atoms with E-state index in [-0.39, 0.29) is 12.3 Å². The summed E-state index contributed by atoms with van der Waals surface area (Å²) in [5, 5.41) is 14.1. The molecule has 0 fully saturated rings. The Morgan fingerprint density at radius 3 is 2.85 bits per heavy atom. The Hall–Kier alpha value is -2.06. The van der Waals surface area contributed by atoms with Crippen molar-refractivity contribution in [3.8, 4) is 0 Å². The average Bonchev–Trinajstić information content (AvgIpc) is 2.38. The molecule has 3 N–H and O–H groups in total. The SMILES string of the molecule is O=C(Nc1ccnc(Br)c1)Nc1cc(F)ncc1CO. The number of anilines is 2. The van der Waals surface area contributed by atoms with Crippen LogP contribution < -0.4 is 10.6 Å². The first-order valence-electron chi connectivity index (χ1n) is 5.53. The third-order valence-corrected chi connectivity index (χ3v) is 2.79. The van der Waals surface area contributed by atoms with E-state index >= 15 is 0 Å². The third-order valence-electron chi connectivity index (χ3n) is 2.36. The molecule has 0 saturated carbocycles. The number of carbonyl (C=O) groups is 1. The number of pyridine rings is 2. The summed E-state index contributed by atoms with van der Waals surface area (Å²) in [4.78, 5) is 19.1. The van der Waals surface area contributed by atoms with Gasteiger partial charge in [-0.15, -0.1) is 0 Å². The Bertz CT molecular complexity index is 639. The first-order valence-corrected chi connectivity index (χ1v) is 6.32. The van der Waals surface area contributed by atoms with Gasteiger partial charge in [0, 0.05) is 29.7 Å². The Balaban J connectivity index is 2.10. The number of hydrogen-bond acceptors (Lipinski definition) is 4. The molecule has 0 bridgehead atoms. The van der Waals surface area contributed by atoms with E-state index in [1.807, 2.05) is 0 Å². The molecule has 8 heteroatoms. The molecular weight excluding hydrogens is 331 g/mol. The minimum atomic E-state index is -0.746. The van der Waals surface area contributed by atoms with Gasteiger partial charge in [-0.05, 0) is 28.1 Å². The lowest BCUT2D eigenvalue weighted by molar-refractivity contribution is 0.262. The largest absolute Gasteiger partial charge is 0.392 e. The van der Waals surface area contributed by atoms with E-state index in [0.717, 1.165) is 12.3 Å². The molecule has 2 heterocycles. The number of rotatable bonds is 3. The topological polar surface area (TPSA) is 87.1 Å². The highest BCUT2D eigenvalue weighted by Crippen LogP contribution is 2.17. The average molecular weight is 341 g/mol. The second-order valence-electron chi connectivity index (χ2n) is 3.77. The molecule has 0 aromatic carbocycles. The summed E-state index contributed by atoms with van der Waals surface area (Å²) in [6.45, 7) is -0.357. The summed E-state index contributed by atoms with van der Waals surface area (Å²) in [5.74, 6) is -0.746. The molecular formula is C12H10BrFN4O2. The number of aliphatic hydroxyl groups is 1. The third kappa shape index (κ3) is 3.72. The highest BCUT2D eigenvalue weighted by Gasteiger charge is 2.09. The molecule has 0 atom stereocenters. The summed E-state index contributed by atoms with van der Waals surface area (Å²) in [6, 6.07) is 3.68. The molecule has 0 aliphatic heterocycles. The van der Waals surface area contributed by atoms with E-state index in [1.165, 1.54) is 6.20 Å². The lowest BCUT2D eigenvalue weighted by Gasteiger charge is -2.10. The van der Waals surface area contributed by atoms with Crippen LogP contribution in [0.1, 0.15) is 5.56 Å². The predicted octanol–water partition coefficient (Wildman–Crippen LogP) is 2.51. The van der Waals surface area contributed by atoms with E-state index in [0.29, 0.717) is 15.9 Å². The van der Waals surface area contributed by atoms with Crippen LogP contribution in [0.3, 0.4) is 0 Å². The van der Waals surface area contributed by atoms with Crippen LogP contribution in [0.4, 0.5) is 20.6 Å². The maximum absolute atomic E-state index is 13.0. The molecule has 0 radical (unpaired) electrons. The smallest absolute Gasteiger partial charge is 0.323 e. The van der Waals surface area contributed by atoms with Crippen molar-refractivity contribution in [3.05, 3.63) is 46.7 Å². The highest BCUT2D eigenvalue weighted by atomic mass is 79.9. The Morgan fingerprint density at radius 2 is 2.15 bits per heavy atom. The predicted molar refractivity (Wildman–Crippen MR) is 74.7 cm³/mol. The molecule has 6 nitrogen and oxygen atoms in total. The fourth-order valence-electron chi connectivity index (χ4n) is 1.47. The zero-order valence-electron chi connectivity index (χ0n) is 10.1. The van der Waals surface area contributed by atoms with Crippen molar-refractivity contribution in [2.75, 3.05) is 10.6 Å². The summed E-state index contributed by atoms with van der Waals surface area (Å²) in [5.41, 5.74) is 0.993. The van der Waals surface area contributed by atoms with E-state index in [9.17, 15) is 9.18 Å². The highest BCUT2D eigenvalue weighted by molar-refractivity contribution is 9.10. The van der Waals surface area contributed by atoms with Gasteiger partial charge in [-0.1, -0.05) is 0 Å². The van der Waals surface area contributed by atoms with Gasteiger partial charge < -0.3 is 15.7 Å². The lowest BCUT2D eigenvalue weighted by atomic mass is 10.2.